The van der Waals surface area contributed by atoms with E-state index >= 15 is 0 Å². The largest absolute Gasteiger partial charge is 0.325 e. The minimum atomic E-state index is -0.0888. The normalized spacial score (nSPS) is 10.9. The van der Waals surface area contributed by atoms with Gasteiger partial charge in [0, 0.05) is 18.8 Å². The van der Waals surface area contributed by atoms with Crippen LogP contribution in [0.5, 0.6) is 0 Å². The van der Waals surface area contributed by atoms with Gasteiger partial charge in [0.2, 0.25) is 11.9 Å². The maximum atomic E-state index is 11.4. The third kappa shape index (κ3) is 2.25. The van der Waals surface area contributed by atoms with Gasteiger partial charge in [-0.1, -0.05) is 18.5 Å². The number of nitrogens with one attached hydrogen (secondary N) is 2. The summed E-state index contributed by atoms with van der Waals surface area (Å²) in [6, 6.07) is 5.30. The van der Waals surface area contributed by atoms with E-state index < -0.39 is 0 Å². The molecule has 2 aromatic heterocycles. The quantitative estimate of drug-likeness (QED) is 0.778. The zero-order valence-electron chi connectivity index (χ0n) is 10.7. The minimum Gasteiger partial charge on any atom is -0.325 e. The van der Waals surface area contributed by atoms with Gasteiger partial charge in [-0.3, -0.25) is 4.79 Å². The highest BCUT2D eigenvalue weighted by molar-refractivity contribution is 6.34. The van der Waals surface area contributed by atoms with Gasteiger partial charge >= 0.3 is 0 Å². The third-order valence-corrected chi connectivity index (χ3v) is 3.19. The Labute approximate surface area is 119 Å². The summed E-state index contributed by atoms with van der Waals surface area (Å²) in [6.07, 6.45) is 3.86. The molecule has 0 saturated carbocycles. The number of halogens is 1. The second-order valence-electron chi connectivity index (χ2n) is 4.26. The van der Waals surface area contributed by atoms with Gasteiger partial charge in [-0.2, -0.15) is 5.10 Å². The van der Waals surface area contributed by atoms with Crippen molar-refractivity contribution >= 4 is 34.2 Å². The molecule has 1 amide bonds. The molecule has 0 aliphatic rings. The Morgan fingerprint density at radius 2 is 2.35 bits per heavy atom. The number of amides is 1. The Hall–Kier alpha value is -2.34. The molecule has 2 N–H and O–H groups in total. The van der Waals surface area contributed by atoms with Crippen molar-refractivity contribution in [1.82, 2.24) is 19.7 Å². The first-order valence-electron chi connectivity index (χ1n) is 6.16. The summed E-state index contributed by atoms with van der Waals surface area (Å²) >= 11 is 6.15. The summed E-state index contributed by atoms with van der Waals surface area (Å²) in [5.41, 5.74) is 2.06. The molecule has 6 nitrogen and oxygen atoms in total. The average molecular weight is 290 g/mol. The first-order valence-corrected chi connectivity index (χ1v) is 6.54. The molecule has 1 aromatic carbocycles. The Morgan fingerprint density at radius 3 is 3.05 bits per heavy atom. The van der Waals surface area contributed by atoms with Crippen LogP contribution in [-0.2, 0) is 4.79 Å². The van der Waals surface area contributed by atoms with Crippen LogP contribution < -0.4 is 5.32 Å². The van der Waals surface area contributed by atoms with Crippen LogP contribution >= 0.6 is 11.6 Å². The van der Waals surface area contributed by atoms with Crippen molar-refractivity contribution < 1.29 is 4.79 Å². The Morgan fingerprint density at radius 1 is 1.50 bits per heavy atom. The standard InChI is InChI=1S/C13H12ClN5O/c1-2-12(20)16-9-7-11-10(6-8(9)14)17-13(18-11)19-5-3-4-15-19/h3-7H,2H2,1H3,(H,16,20)(H,17,18). The van der Waals surface area contributed by atoms with Gasteiger partial charge in [-0.25, -0.2) is 9.67 Å². The summed E-state index contributed by atoms with van der Waals surface area (Å²) in [7, 11) is 0. The molecule has 0 aliphatic carbocycles. The number of carbonyl (C=O) groups is 1. The number of aromatic amines is 1. The number of aromatic nitrogens is 4. The van der Waals surface area contributed by atoms with Crippen LogP contribution in [-0.4, -0.2) is 25.7 Å². The molecule has 2 heterocycles. The number of anilines is 1. The molecule has 0 unspecified atom stereocenters. The van der Waals surface area contributed by atoms with Gasteiger partial charge in [-0.15, -0.1) is 0 Å². The lowest BCUT2D eigenvalue weighted by molar-refractivity contribution is -0.115. The molecule has 0 bridgehead atoms. The summed E-state index contributed by atoms with van der Waals surface area (Å²) in [5.74, 6) is 0.508. The second kappa shape index (κ2) is 4.97. The molecule has 7 heteroatoms. The van der Waals surface area contributed by atoms with Crippen LogP contribution in [0.1, 0.15) is 13.3 Å². The Balaban J connectivity index is 2.04. The van der Waals surface area contributed by atoms with Crippen molar-refractivity contribution in [2.45, 2.75) is 13.3 Å². The van der Waals surface area contributed by atoms with E-state index in [1.807, 2.05) is 6.07 Å². The van der Waals surface area contributed by atoms with Gasteiger partial charge in [-0.05, 0) is 18.2 Å². The van der Waals surface area contributed by atoms with E-state index in [2.05, 4.69) is 20.4 Å². The number of nitrogens with zero attached hydrogens (tertiary/aromatic N) is 3. The van der Waals surface area contributed by atoms with Crippen molar-refractivity contribution in [3.8, 4) is 5.95 Å². The van der Waals surface area contributed by atoms with E-state index in [0.717, 1.165) is 5.52 Å². The van der Waals surface area contributed by atoms with E-state index in [9.17, 15) is 4.79 Å². The van der Waals surface area contributed by atoms with Crippen LogP contribution in [0.4, 0.5) is 5.69 Å². The number of hydrogen-bond donors (Lipinski definition) is 2. The predicted octanol–water partition coefficient (Wildman–Crippen LogP) is 2.75. The fraction of sp³-hybridized carbons (Fsp3) is 0.154. The van der Waals surface area contributed by atoms with Gasteiger partial charge < -0.3 is 10.3 Å². The molecule has 0 fully saturated rings. The third-order valence-electron chi connectivity index (χ3n) is 2.87. The summed E-state index contributed by atoms with van der Waals surface area (Å²) in [4.78, 5) is 19.0. The molecule has 0 saturated heterocycles. The van der Waals surface area contributed by atoms with Gasteiger partial charge in [0.05, 0.1) is 21.7 Å². The topological polar surface area (TPSA) is 75.6 Å². The van der Waals surface area contributed by atoms with Gasteiger partial charge in [0.1, 0.15) is 0 Å². The van der Waals surface area contributed by atoms with Crippen LogP contribution in [0.2, 0.25) is 5.02 Å². The maximum Gasteiger partial charge on any atom is 0.229 e. The van der Waals surface area contributed by atoms with E-state index in [1.54, 1.807) is 36.1 Å². The first kappa shape index (κ1) is 12.7. The van der Waals surface area contributed by atoms with E-state index in [-0.39, 0.29) is 5.91 Å². The number of benzene rings is 1. The summed E-state index contributed by atoms with van der Waals surface area (Å²) in [6.45, 7) is 1.78. The summed E-state index contributed by atoms with van der Waals surface area (Å²) < 4.78 is 1.62. The zero-order valence-corrected chi connectivity index (χ0v) is 11.5. The number of H-pyrrole nitrogens is 1. The number of hydrogen-bond acceptors (Lipinski definition) is 3. The van der Waals surface area contributed by atoms with Crippen molar-refractivity contribution in [1.29, 1.82) is 0 Å². The Bertz CT molecular complexity index is 763. The molecule has 0 atom stereocenters. The molecule has 0 spiro atoms. The van der Waals surface area contributed by atoms with Gasteiger partial charge in [0.15, 0.2) is 0 Å². The molecule has 0 aliphatic heterocycles. The molecular weight excluding hydrogens is 278 g/mol. The smallest absolute Gasteiger partial charge is 0.229 e. The van der Waals surface area contributed by atoms with Crippen LogP contribution in [0.3, 0.4) is 0 Å². The summed E-state index contributed by atoms with van der Waals surface area (Å²) in [5, 5.41) is 7.32. The molecular formula is C13H12ClN5O. The lowest BCUT2D eigenvalue weighted by Gasteiger charge is -2.05. The van der Waals surface area contributed by atoms with E-state index in [4.69, 9.17) is 11.6 Å². The number of imidazole rings is 1. The van der Waals surface area contributed by atoms with Crippen LogP contribution in [0.15, 0.2) is 30.6 Å². The van der Waals surface area contributed by atoms with Crippen molar-refractivity contribution in [2.24, 2.45) is 0 Å². The minimum absolute atomic E-state index is 0.0888. The Kier molecular flexibility index (Phi) is 3.15. The highest BCUT2D eigenvalue weighted by Crippen LogP contribution is 2.27. The second-order valence-corrected chi connectivity index (χ2v) is 4.67. The number of rotatable bonds is 3. The van der Waals surface area contributed by atoms with Crippen LogP contribution in [0, 0.1) is 0 Å². The van der Waals surface area contributed by atoms with Crippen molar-refractivity contribution in [2.75, 3.05) is 5.32 Å². The first-order chi connectivity index (χ1) is 9.67. The fourth-order valence-electron chi connectivity index (χ4n) is 1.85. The fourth-order valence-corrected chi connectivity index (χ4v) is 2.06. The molecule has 102 valence electrons. The van der Waals surface area contributed by atoms with Crippen molar-refractivity contribution in [3.05, 3.63) is 35.6 Å². The number of carbonyl (C=O) groups excluding carboxylic acids is 1. The van der Waals surface area contributed by atoms with Gasteiger partial charge in [0.25, 0.3) is 0 Å². The molecule has 20 heavy (non-hydrogen) atoms. The number of fused-ring (bicyclic) bond motifs is 1. The lowest BCUT2D eigenvalue weighted by Crippen LogP contribution is -2.09. The highest BCUT2D eigenvalue weighted by Gasteiger charge is 2.10. The predicted molar refractivity (Wildman–Crippen MR) is 77.1 cm³/mol. The van der Waals surface area contributed by atoms with Crippen LogP contribution in [0.25, 0.3) is 17.0 Å². The lowest BCUT2D eigenvalue weighted by atomic mass is 10.2. The monoisotopic (exact) mass is 289 g/mol. The van der Waals surface area contributed by atoms with Crippen molar-refractivity contribution in [3.63, 3.8) is 0 Å². The average Bonchev–Trinajstić information content (AvgIpc) is 3.07. The molecule has 0 radical (unpaired) electrons. The zero-order chi connectivity index (χ0) is 14.1. The molecule has 3 aromatic rings. The highest BCUT2D eigenvalue weighted by atomic mass is 35.5. The SMILES string of the molecule is CCC(=O)Nc1cc2nc(-n3cccn3)[nH]c2cc1Cl. The van der Waals surface area contributed by atoms with E-state index in [1.165, 1.54) is 0 Å². The maximum absolute atomic E-state index is 11.4. The molecule has 3 rings (SSSR count). The van der Waals surface area contributed by atoms with E-state index in [0.29, 0.717) is 28.6 Å².